The number of benzene rings is 1. The number of nitrogens with zero attached hydrogens (tertiary/aromatic N) is 3. The second-order valence-electron chi connectivity index (χ2n) is 6.99. The molecule has 1 aromatic rings. The van der Waals surface area contributed by atoms with E-state index >= 15 is 0 Å². The van der Waals surface area contributed by atoms with Crippen LogP contribution in [-0.4, -0.2) is 42.1 Å². The van der Waals surface area contributed by atoms with Gasteiger partial charge in [-0.15, -0.1) is 12.3 Å². The summed E-state index contributed by atoms with van der Waals surface area (Å²) in [5, 5.41) is 14.0. The summed E-state index contributed by atoms with van der Waals surface area (Å²) < 4.78 is 0. The molecule has 0 aliphatic carbocycles. The van der Waals surface area contributed by atoms with Crippen LogP contribution >= 0.6 is 0 Å². The molecule has 0 bridgehead atoms. The van der Waals surface area contributed by atoms with Crippen molar-refractivity contribution in [2.24, 2.45) is 16.1 Å². The molecule has 0 atom stereocenters. The van der Waals surface area contributed by atoms with Gasteiger partial charge in [0.1, 0.15) is 0 Å². The highest BCUT2D eigenvalue weighted by Gasteiger charge is 2.38. The molecule has 3 rings (SSSR count). The van der Waals surface area contributed by atoms with Crippen molar-refractivity contribution in [3.63, 3.8) is 0 Å². The average Bonchev–Trinajstić information content (AvgIpc) is 3.47. The Morgan fingerprint density at radius 2 is 1.89 bits per heavy atom. The first kappa shape index (κ1) is 18.9. The number of terminal acetylenes is 1. The number of urea groups is 1. The van der Waals surface area contributed by atoms with E-state index in [-0.39, 0.29) is 23.5 Å². The van der Waals surface area contributed by atoms with Crippen molar-refractivity contribution in [3.05, 3.63) is 30.3 Å². The Bertz CT molecular complexity index is 726. The molecule has 2 heterocycles. The fourth-order valence-corrected chi connectivity index (χ4v) is 3.27. The molecule has 0 radical (unpaired) electrons. The van der Waals surface area contributed by atoms with Crippen molar-refractivity contribution in [1.82, 2.24) is 10.2 Å². The highest BCUT2D eigenvalue weighted by molar-refractivity contribution is 5.89. The van der Waals surface area contributed by atoms with Crippen molar-refractivity contribution in [2.45, 2.75) is 37.8 Å². The van der Waals surface area contributed by atoms with Crippen LogP contribution in [0.1, 0.15) is 32.1 Å². The van der Waals surface area contributed by atoms with Crippen LogP contribution in [0.4, 0.5) is 10.5 Å². The van der Waals surface area contributed by atoms with E-state index in [2.05, 4.69) is 26.8 Å². The normalized spacial score (nSPS) is 17.8. The summed E-state index contributed by atoms with van der Waals surface area (Å²) in [7, 11) is 0. The summed E-state index contributed by atoms with van der Waals surface area (Å²) in [6.45, 7) is 1.70. The summed E-state index contributed by atoms with van der Waals surface area (Å²) in [5.74, 6) is 2.59. The van der Waals surface area contributed by atoms with Gasteiger partial charge in [0.15, 0.2) is 5.66 Å². The standard InChI is InChI=1S/C20H25N5O2/c1-2-3-11-20(23-24-20)12-13-21-18(26)16-9-14-25(15-10-16)19(27)22-17-7-5-4-6-8-17/h1,4-8,16H,3,9-15H2,(H,21,26)(H,22,27). The van der Waals surface area contributed by atoms with E-state index in [1.54, 1.807) is 4.90 Å². The van der Waals surface area contributed by atoms with Crippen LogP contribution in [0, 0.1) is 18.3 Å². The number of likely N-dealkylation sites (tertiary alicyclic amines) is 1. The fourth-order valence-electron chi connectivity index (χ4n) is 3.27. The number of rotatable bonds is 7. The molecule has 2 aliphatic heterocycles. The first-order valence-corrected chi connectivity index (χ1v) is 9.38. The summed E-state index contributed by atoms with van der Waals surface area (Å²) in [6.07, 6.45) is 8.70. The van der Waals surface area contributed by atoms with Crippen LogP contribution in [0.15, 0.2) is 40.6 Å². The Morgan fingerprint density at radius 1 is 1.19 bits per heavy atom. The van der Waals surface area contributed by atoms with Gasteiger partial charge in [-0.3, -0.25) is 4.79 Å². The predicted molar refractivity (Wildman–Crippen MR) is 103 cm³/mol. The largest absolute Gasteiger partial charge is 0.356 e. The summed E-state index contributed by atoms with van der Waals surface area (Å²) >= 11 is 0. The first-order chi connectivity index (χ1) is 13.1. The van der Waals surface area contributed by atoms with Crippen LogP contribution < -0.4 is 10.6 Å². The summed E-state index contributed by atoms with van der Waals surface area (Å²) in [6, 6.07) is 9.25. The van der Waals surface area contributed by atoms with Gasteiger partial charge in [0.2, 0.25) is 5.91 Å². The van der Waals surface area contributed by atoms with E-state index in [1.807, 2.05) is 30.3 Å². The van der Waals surface area contributed by atoms with Crippen molar-refractivity contribution in [1.29, 1.82) is 0 Å². The minimum absolute atomic E-state index is 0.0471. The fraction of sp³-hybridized carbons (Fsp3) is 0.500. The van der Waals surface area contributed by atoms with Crippen LogP contribution in [0.25, 0.3) is 0 Å². The van der Waals surface area contributed by atoms with Gasteiger partial charge >= 0.3 is 6.03 Å². The number of nitrogens with one attached hydrogen (secondary N) is 2. The maximum atomic E-state index is 12.4. The second-order valence-corrected chi connectivity index (χ2v) is 6.99. The Kier molecular flexibility index (Phi) is 6.07. The third kappa shape index (κ3) is 5.30. The minimum Gasteiger partial charge on any atom is -0.356 e. The molecule has 2 aliphatic rings. The molecule has 7 nitrogen and oxygen atoms in total. The zero-order valence-electron chi connectivity index (χ0n) is 15.4. The molecule has 0 unspecified atom stereocenters. The van der Waals surface area contributed by atoms with Gasteiger partial charge in [-0.2, -0.15) is 10.2 Å². The van der Waals surface area contributed by atoms with Crippen LogP contribution in [0.3, 0.4) is 0 Å². The molecular formula is C20H25N5O2. The second kappa shape index (κ2) is 8.67. The maximum Gasteiger partial charge on any atom is 0.321 e. The number of para-hydroxylation sites is 1. The summed E-state index contributed by atoms with van der Waals surface area (Å²) in [4.78, 5) is 26.4. The van der Waals surface area contributed by atoms with Gasteiger partial charge in [0.25, 0.3) is 0 Å². The molecule has 2 N–H and O–H groups in total. The lowest BCUT2D eigenvalue weighted by Gasteiger charge is -2.31. The maximum absolute atomic E-state index is 12.4. The highest BCUT2D eigenvalue weighted by atomic mass is 16.2. The molecular weight excluding hydrogens is 342 g/mol. The first-order valence-electron chi connectivity index (χ1n) is 9.38. The SMILES string of the molecule is C#CCCC1(CCNC(=O)C2CCN(C(=O)Nc3ccccc3)CC2)N=N1. The van der Waals surface area contributed by atoms with E-state index < -0.39 is 0 Å². The van der Waals surface area contributed by atoms with Crippen molar-refractivity contribution >= 4 is 17.6 Å². The van der Waals surface area contributed by atoms with Crippen molar-refractivity contribution in [2.75, 3.05) is 25.0 Å². The van der Waals surface area contributed by atoms with Gasteiger partial charge in [-0.05, 0) is 25.0 Å². The molecule has 1 saturated heterocycles. The van der Waals surface area contributed by atoms with E-state index in [4.69, 9.17) is 6.42 Å². The third-order valence-electron chi connectivity index (χ3n) is 5.06. The predicted octanol–water partition coefficient (Wildman–Crippen LogP) is 3.01. The smallest absolute Gasteiger partial charge is 0.321 e. The van der Waals surface area contributed by atoms with Crippen molar-refractivity contribution in [3.8, 4) is 12.3 Å². The quantitative estimate of drug-likeness (QED) is 0.726. The molecule has 0 saturated carbocycles. The lowest BCUT2D eigenvalue weighted by Crippen LogP contribution is -2.45. The van der Waals surface area contributed by atoms with Gasteiger partial charge in [0, 0.05) is 50.5 Å². The van der Waals surface area contributed by atoms with Crippen LogP contribution in [0.5, 0.6) is 0 Å². The zero-order chi connectivity index (χ0) is 19.1. The average molecular weight is 367 g/mol. The summed E-state index contributed by atoms with van der Waals surface area (Å²) in [5.41, 5.74) is 0.412. The third-order valence-corrected chi connectivity index (χ3v) is 5.06. The van der Waals surface area contributed by atoms with Crippen LogP contribution in [0.2, 0.25) is 0 Å². The molecule has 0 aromatic heterocycles. The number of carbonyl (C=O) groups excluding carboxylic acids is 2. The number of hydrogen-bond donors (Lipinski definition) is 2. The van der Waals surface area contributed by atoms with E-state index in [1.165, 1.54) is 0 Å². The van der Waals surface area contributed by atoms with Gasteiger partial charge in [-0.1, -0.05) is 18.2 Å². The van der Waals surface area contributed by atoms with E-state index in [0.29, 0.717) is 45.3 Å². The number of piperidine rings is 1. The Labute approximate surface area is 159 Å². The molecule has 0 spiro atoms. The number of hydrogen-bond acceptors (Lipinski definition) is 4. The molecule has 142 valence electrons. The molecule has 7 heteroatoms. The zero-order valence-corrected chi connectivity index (χ0v) is 15.4. The Morgan fingerprint density at radius 3 is 2.52 bits per heavy atom. The Hall–Kier alpha value is -2.88. The van der Waals surface area contributed by atoms with Crippen molar-refractivity contribution < 1.29 is 9.59 Å². The van der Waals surface area contributed by atoms with Gasteiger partial charge in [0.05, 0.1) is 0 Å². The number of amides is 3. The number of carbonyl (C=O) groups is 2. The number of anilines is 1. The Balaban J connectivity index is 1.35. The monoisotopic (exact) mass is 367 g/mol. The lowest BCUT2D eigenvalue weighted by atomic mass is 9.96. The highest BCUT2D eigenvalue weighted by Crippen LogP contribution is 2.36. The molecule has 1 fully saturated rings. The lowest BCUT2D eigenvalue weighted by molar-refractivity contribution is -0.126. The van der Waals surface area contributed by atoms with Crippen LogP contribution in [-0.2, 0) is 4.79 Å². The van der Waals surface area contributed by atoms with Gasteiger partial charge in [-0.25, -0.2) is 4.79 Å². The van der Waals surface area contributed by atoms with Gasteiger partial charge < -0.3 is 15.5 Å². The van der Waals surface area contributed by atoms with E-state index in [0.717, 1.165) is 12.1 Å². The minimum atomic E-state index is -0.363. The molecule has 1 aromatic carbocycles. The molecule has 27 heavy (non-hydrogen) atoms. The molecule has 3 amide bonds. The topological polar surface area (TPSA) is 86.2 Å². The van der Waals surface area contributed by atoms with E-state index in [9.17, 15) is 9.59 Å².